The van der Waals surface area contributed by atoms with Gasteiger partial charge in [0.05, 0.1) is 22.6 Å². The molecule has 0 radical (unpaired) electrons. The maximum Gasteiger partial charge on any atom is 0.416 e. The smallest absolute Gasteiger partial charge is 0.416 e. The minimum Gasteiger partial charge on any atom is -0.478 e. The number of aliphatic carboxylic acids is 2. The van der Waals surface area contributed by atoms with E-state index in [2.05, 4.69) is 0 Å². The van der Waals surface area contributed by atoms with Crippen molar-refractivity contribution in [3.8, 4) is 0 Å². The zero-order valence-electron chi connectivity index (χ0n) is 15.1. The van der Waals surface area contributed by atoms with Crippen LogP contribution in [0.3, 0.4) is 0 Å². The summed E-state index contributed by atoms with van der Waals surface area (Å²) in [5, 5.41) is 19.4. The van der Waals surface area contributed by atoms with E-state index in [-0.39, 0.29) is 16.7 Å². The molecule has 0 bridgehead atoms. The molecule has 1 aromatic carbocycles. The molecule has 1 heterocycles. The van der Waals surface area contributed by atoms with Gasteiger partial charge >= 0.3 is 18.1 Å². The molecule has 0 aromatic heterocycles. The van der Waals surface area contributed by atoms with Crippen LogP contribution < -0.4 is 0 Å². The van der Waals surface area contributed by atoms with Crippen LogP contribution in [0.4, 0.5) is 13.2 Å². The number of carbonyl (C=O) groups is 2. The van der Waals surface area contributed by atoms with Gasteiger partial charge in [0.1, 0.15) is 0 Å². The molecule has 2 rings (SSSR count). The Bertz CT molecular complexity index is 784. The number of hydrogen-bond donors (Lipinski definition) is 2. The quantitative estimate of drug-likeness (QED) is 0.796. The number of benzene rings is 1. The molecular formula is C19H20F3NO4. The molecule has 0 saturated carbocycles. The number of allylic oxidation sites excluding steroid dienone is 2. The van der Waals surface area contributed by atoms with E-state index in [0.29, 0.717) is 24.4 Å². The predicted molar refractivity (Wildman–Crippen MR) is 91.9 cm³/mol. The Labute approximate surface area is 154 Å². The van der Waals surface area contributed by atoms with Crippen molar-refractivity contribution in [2.24, 2.45) is 0 Å². The van der Waals surface area contributed by atoms with Gasteiger partial charge in [-0.15, -0.1) is 0 Å². The summed E-state index contributed by atoms with van der Waals surface area (Å²) < 4.78 is 38.5. The second-order valence-electron chi connectivity index (χ2n) is 6.31. The largest absolute Gasteiger partial charge is 0.478 e. The molecule has 0 aliphatic carbocycles. The molecule has 0 atom stereocenters. The standard InChI is InChI=1S/C19H20F3NO4/c1-4-9-23-10(2)14(17(24)25)16(15(11(23)3)18(26)27)12-5-7-13(8-6-12)19(20,21)22/h5-8,16H,4,9H2,1-3H3,(H,24,25)(H,26,27). The lowest BCUT2D eigenvalue weighted by Gasteiger charge is -2.37. The third-order valence-electron chi connectivity index (χ3n) is 4.65. The van der Waals surface area contributed by atoms with E-state index in [1.165, 1.54) is 0 Å². The van der Waals surface area contributed by atoms with Gasteiger partial charge in [-0.1, -0.05) is 19.1 Å². The maximum atomic E-state index is 12.8. The Morgan fingerprint density at radius 2 is 1.44 bits per heavy atom. The van der Waals surface area contributed by atoms with E-state index in [1.807, 2.05) is 6.92 Å². The fourth-order valence-electron chi connectivity index (χ4n) is 3.42. The maximum absolute atomic E-state index is 12.8. The van der Waals surface area contributed by atoms with Crippen LogP contribution >= 0.6 is 0 Å². The molecular weight excluding hydrogens is 363 g/mol. The third-order valence-corrected chi connectivity index (χ3v) is 4.65. The van der Waals surface area contributed by atoms with Gasteiger partial charge in [-0.25, -0.2) is 9.59 Å². The SMILES string of the molecule is CCCN1C(C)=C(C(=O)O)C(c2ccc(C(F)(F)F)cc2)C(C(=O)O)=C1C. The molecule has 146 valence electrons. The first kappa shape index (κ1) is 20.5. The summed E-state index contributed by atoms with van der Waals surface area (Å²) in [4.78, 5) is 25.5. The van der Waals surface area contributed by atoms with Gasteiger partial charge in [-0.05, 0) is 38.0 Å². The van der Waals surface area contributed by atoms with Gasteiger partial charge in [-0.3, -0.25) is 0 Å². The zero-order chi connectivity index (χ0) is 20.5. The van der Waals surface area contributed by atoms with Gasteiger partial charge in [0.15, 0.2) is 0 Å². The summed E-state index contributed by atoms with van der Waals surface area (Å²) in [7, 11) is 0. The lowest BCUT2D eigenvalue weighted by Crippen LogP contribution is -2.34. The molecule has 0 amide bonds. The average Bonchev–Trinajstić information content (AvgIpc) is 2.56. The van der Waals surface area contributed by atoms with Crippen molar-refractivity contribution in [2.75, 3.05) is 6.54 Å². The van der Waals surface area contributed by atoms with Gasteiger partial charge in [0.25, 0.3) is 0 Å². The summed E-state index contributed by atoms with van der Waals surface area (Å²) in [5.41, 5.74) is -0.219. The lowest BCUT2D eigenvalue weighted by molar-refractivity contribution is -0.138. The monoisotopic (exact) mass is 383 g/mol. The normalized spacial score (nSPS) is 16.1. The van der Waals surface area contributed by atoms with Crippen LogP contribution in [0.1, 0.15) is 44.2 Å². The highest BCUT2D eigenvalue weighted by molar-refractivity contribution is 5.98. The van der Waals surface area contributed by atoms with Gasteiger partial charge in [0.2, 0.25) is 0 Å². The molecule has 5 nitrogen and oxygen atoms in total. The molecule has 1 aliphatic rings. The number of alkyl halides is 3. The first-order valence-corrected chi connectivity index (χ1v) is 8.33. The minimum atomic E-state index is -4.54. The topological polar surface area (TPSA) is 77.8 Å². The average molecular weight is 383 g/mol. The second-order valence-corrected chi connectivity index (χ2v) is 6.31. The number of hydrogen-bond acceptors (Lipinski definition) is 3. The van der Waals surface area contributed by atoms with Crippen LogP contribution in [0, 0.1) is 0 Å². The van der Waals surface area contributed by atoms with Gasteiger partial charge in [-0.2, -0.15) is 13.2 Å². The summed E-state index contributed by atoms with van der Waals surface area (Å²) in [6.07, 6.45) is -3.87. The van der Waals surface area contributed by atoms with E-state index < -0.39 is 29.6 Å². The Kier molecular flexibility index (Phi) is 5.67. The van der Waals surface area contributed by atoms with E-state index >= 15 is 0 Å². The molecule has 2 N–H and O–H groups in total. The molecule has 0 unspecified atom stereocenters. The van der Waals surface area contributed by atoms with E-state index in [4.69, 9.17) is 0 Å². The van der Waals surface area contributed by atoms with Crippen LogP contribution in [-0.4, -0.2) is 33.6 Å². The van der Waals surface area contributed by atoms with Crippen molar-refractivity contribution in [3.05, 3.63) is 57.9 Å². The van der Waals surface area contributed by atoms with E-state index in [0.717, 1.165) is 24.3 Å². The highest BCUT2D eigenvalue weighted by Gasteiger charge is 2.39. The molecule has 8 heteroatoms. The Balaban J connectivity index is 2.69. The van der Waals surface area contributed by atoms with E-state index in [9.17, 15) is 33.0 Å². The van der Waals surface area contributed by atoms with Gasteiger partial charge < -0.3 is 15.1 Å². The fourth-order valence-corrected chi connectivity index (χ4v) is 3.42. The van der Waals surface area contributed by atoms with E-state index in [1.54, 1.807) is 18.7 Å². The van der Waals surface area contributed by atoms with Crippen LogP contribution in [0.5, 0.6) is 0 Å². The Hall–Kier alpha value is -2.77. The molecule has 0 spiro atoms. The lowest BCUT2D eigenvalue weighted by atomic mass is 9.79. The van der Waals surface area contributed by atoms with Crippen molar-refractivity contribution in [3.63, 3.8) is 0 Å². The molecule has 0 fully saturated rings. The first-order valence-electron chi connectivity index (χ1n) is 8.33. The number of halogens is 3. The number of rotatable bonds is 5. The predicted octanol–water partition coefficient (Wildman–Crippen LogP) is 4.23. The summed E-state index contributed by atoms with van der Waals surface area (Å²) in [5.74, 6) is -3.76. The number of nitrogens with zero attached hydrogens (tertiary/aromatic N) is 1. The molecule has 1 aromatic rings. The highest BCUT2D eigenvalue weighted by Crippen LogP contribution is 2.42. The Morgan fingerprint density at radius 1 is 1.00 bits per heavy atom. The van der Waals surface area contributed by atoms with Crippen molar-refractivity contribution in [2.45, 2.75) is 39.3 Å². The number of carboxylic acid groups (broad SMARTS) is 2. The molecule has 27 heavy (non-hydrogen) atoms. The van der Waals surface area contributed by atoms with Crippen LogP contribution in [0.15, 0.2) is 46.8 Å². The molecule has 1 aliphatic heterocycles. The number of carboxylic acids is 2. The Morgan fingerprint density at radius 3 is 1.78 bits per heavy atom. The van der Waals surface area contributed by atoms with Crippen molar-refractivity contribution in [1.29, 1.82) is 0 Å². The molecule has 0 saturated heterocycles. The first-order chi connectivity index (χ1) is 12.5. The summed E-state index contributed by atoms with van der Waals surface area (Å²) in [6, 6.07) is 3.93. The van der Waals surface area contributed by atoms with Crippen LogP contribution in [0.2, 0.25) is 0 Å². The van der Waals surface area contributed by atoms with Crippen LogP contribution in [-0.2, 0) is 15.8 Å². The zero-order valence-corrected chi connectivity index (χ0v) is 15.1. The minimum absolute atomic E-state index is 0.147. The van der Waals surface area contributed by atoms with Crippen molar-refractivity contribution < 1.29 is 33.0 Å². The highest BCUT2D eigenvalue weighted by atomic mass is 19.4. The summed E-state index contributed by atoms with van der Waals surface area (Å²) in [6.45, 7) is 5.48. The van der Waals surface area contributed by atoms with Crippen molar-refractivity contribution >= 4 is 11.9 Å². The van der Waals surface area contributed by atoms with Crippen molar-refractivity contribution in [1.82, 2.24) is 4.90 Å². The third kappa shape index (κ3) is 3.84. The second kappa shape index (κ2) is 7.46. The summed E-state index contributed by atoms with van der Waals surface area (Å²) >= 11 is 0. The van der Waals surface area contributed by atoms with Gasteiger partial charge in [0, 0.05) is 17.9 Å². The fraction of sp³-hybridized carbons (Fsp3) is 0.368. The van der Waals surface area contributed by atoms with Crippen LogP contribution in [0.25, 0.3) is 0 Å².